The lowest BCUT2D eigenvalue weighted by Gasteiger charge is -2.31. The predicted octanol–water partition coefficient (Wildman–Crippen LogP) is 5.67. The highest BCUT2D eigenvalue weighted by Crippen LogP contribution is 2.25. The van der Waals surface area contributed by atoms with E-state index in [0.717, 1.165) is 12.1 Å². The molecule has 0 spiro atoms. The van der Waals surface area contributed by atoms with Gasteiger partial charge in [0.15, 0.2) is 5.78 Å². The maximum atomic E-state index is 14.0. The number of carbonyl (C=O) groups is 3. The number of likely N-dealkylation sites (tertiary alicyclic amines) is 1. The van der Waals surface area contributed by atoms with Crippen LogP contribution in [0.4, 0.5) is 18.9 Å². The van der Waals surface area contributed by atoms with Crippen molar-refractivity contribution < 1.29 is 32.3 Å². The number of aromatic nitrogens is 2. The molecule has 5 rings (SSSR count). The molecule has 1 aliphatic heterocycles. The molecule has 3 heterocycles. The number of anilines is 1. The Morgan fingerprint density at radius 3 is 2.20 bits per heavy atom. The Kier molecular flexibility index (Phi) is 8.04. The molecule has 2 aromatic carbocycles. The van der Waals surface area contributed by atoms with E-state index in [1.54, 1.807) is 17.0 Å². The van der Waals surface area contributed by atoms with Gasteiger partial charge in [0.1, 0.15) is 28.9 Å². The number of ketones is 1. The molecule has 0 atom stereocenters. The lowest BCUT2D eigenvalue weighted by molar-refractivity contribution is 0.0648. The second-order valence-corrected chi connectivity index (χ2v) is 9.38. The van der Waals surface area contributed by atoms with Crippen LogP contribution >= 0.6 is 0 Å². The minimum Gasteiger partial charge on any atom is -0.439 e. The zero-order valence-electron chi connectivity index (χ0n) is 21.5. The molecular formula is C30H23F3N4O4. The smallest absolute Gasteiger partial charge is 0.274 e. The second kappa shape index (κ2) is 12.0. The first-order chi connectivity index (χ1) is 19.8. The molecule has 4 aromatic rings. The van der Waals surface area contributed by atoms with Gasteiger partial charge in [0.05, 0.1) is 23.0 Å². The lowest BCUT2D eigenvalue weighted by atomic mass is 9.88. The molecule has 41 heavy (non-hydrogen) atoms. The Hall–Kier alpha value is -5.06. The Morgan fingerprint density at radius 2 is 1.56 bits per heavy atom. The summed E-state index contributed by atoms with van der Waals surface area (Å²) in [6.45, 7) is 0.572. The van der Waals surface area contributed by atoms with Crippen molar-refractivity contribution in [3.63, 3.8) is 0 Å². The topological polar surface area (TPSA) is 101 Å². The van der Waals surface area contributed by atoms with Gasteiger partial charge >= 0.3 is 0 Å². The van der Waals surface area contributed by atoms with E-state index < -0.39 is 29.2 Å². The van der Waals surface area contributed by atoms with Gasteiger partial charge in [0.25, 0.3) is 11.8 Å². The molecule has 0 unspecified atom stereocenters. The van der Waals surface area contributed by atoms with Crippen LogP contribution in [0.25, 0.3) is 0 Å². The number of benzene rings is 2. The van der Waals surface area contributed by atoms with Gasteiger partial charge in [-0.25, -0.2) is 18.2 Å². The van der Waals surface area contributed by atoms with Crippen molar-refractivity contribution in [2.75, 3.05) is 18.4 Å². The molecule has 1 fully saturated rings. The number of ether oxygens (including phenoxy) is 1. The molecule has 0 radical (unpaired) electrons. The van der Waals surface area contributed by atoms with Crippen LogP contribution in [-0.2, 0) is 0 Å². The van der Waals surface area contributed by atoms with Gasteiger partial charge < -0.3 is 15.0 Å². The first-order valence-electron chi connectivity index (χ1n) is 12.7. The van der Waals surface area contributed by atoms with E-state index in [2.05, 4.69) is 15.3 Å². The van der Waals surface area contributed by atoms with Crippen LogP contribution in [0.15, 0.2) is 79.1 Å². The van der Waals surface area contributed by atoms with Crippen LogP contribution in [0.5, 0.6) is 11.6 Å². The van der Waals surface area contributed by atoms with E-state index in [1.807, 2.05) is 0 Å². The van der Waals surface area contributed by atoms with Gasteiger partial charge in [0.2, 0.25) is 5.88 Å². The second-order valence-electron chi connectivity index (χ2n) is 9.38. The van der Waals surface area contributed by atoms with Gasteiger partial charge in [0, 0.05) is 37.3 Å². The molecule has 11 heteroatoms. The number of halogens is 3. The van der Waals surface area contributed by atoms with Crippen molar-refractivity contribution in [2.24, 2.45) is 5.92 Å². The van der Waals surface area contributed by atoms with Crippen LogP contribution in [0.3, 0.4) is 0 Å². The SMILES string of the molecule is O=C(Nc1ccc(Oc2ccc(F)cc2)nc1)c1ccc(C(=O)N2CCC(C(=O)c3ccc(F)cc3F)CC2)cn1. The zero-order chi connectivity index (χ0) is 28.9. The normalized spacial score (nSPS) is 13.5. The van der Waals surface area contributed by atoms with Crippen LogP contribution in [0, 0.1) is 23.4 Å². The first-order valence-corrected chi connectivity index (χ1v) is 12.7. The molecule has 1 saturated heterocycles. The Balaban J connectivity index is 1.13. The third-order valence-corrected chi connectivity index (χ3v) is 6.62. The number of amides is 2. The maximum absolute atomic E-state index is 14.0. The van der Waals surface area contributed by atoms with E-state index >= 15 is 0 Å². The quantitative estimate of drug-likeness (QED) is 0.292. The third-order valence-electron chi connectivity index (χ3n) is 6.62. The fourth-order valence-electron chi connectivity index (χ4n) is 4.42. The molecule has 0 saturated carbocycles. The fourth-order valence-corrected chi connectivity index (χ4v) is 4.42. The number of carbonyl (C=O) groups excluding carboxylic acids is 3. The standard InChI is InChI=1S/C30H23F3N4O4/c31-20-2-6-23(7-3-20)41-27-10-5-22(17-35-27)36-29(39)26-9-1-19(16-34-26)30(40)37-13-11-18(12-14-37)28(38)24-8-4-21(32)15-25(24)33/h1-10,15-18H,11-14H2,(H,36,39). The molecule has 2 aromatic heterocycles. The molecule has 208 valence electrons. The van der Waals surface area contributed by atoms with Crippen molar-refractivity contribution in [1.82, 2.24) is 14.9 Å². The summed E-state index contributed by atoms with van der Waals surface area (Å²) in [5.41, 5.74) is 0.597. The highest BCUT2D eigenvalue weighted by atomic mass is 19.1. The minimum atomic E-state index is -0.895. The number of nitrogens with one attached hydrogen (secondary N) is 1. The van der Waals surface area contributed by atoms with Gasteiger partial charge in [-0.3, -0.25) is 19.4 Å². The molecule has 0 bridgehead atoms. The number of Topliss-reactive ketones (excluding diaryl/α,β-unsaturated/α-hetero) is 1. The third kappa shape index (κ3) is 6.57. The zero-order valence-corrected chi connectivity index (χ0v) is 21.5. The van der Waals surface area contributed by atoms with Crippen LogP contribution in [0.2, 0.25) is 0 Å². The van der Waals surface area contributed by atoms with Crippen LogP contribution in [-0.4, -0.2) is 45.6 Å². The molecule has 0 aliphatic carbocycles. The van der Waals surface area contributed by atoms with Crippen molar-refractivity contribution in [2.45, 2.75) is 12.8 Å². The average Bonchev–Trinajstić information content (AvgIpc) is 2.99. The van der Waals surface area contributed by atoms with Crippen LogP contribution in [0.1, 0.15) is 44.0 Å². The molecule has 1 aliphatic rings. The van der Waals surface area contributed by atoms with Gasteiger partial charge in [-0.15, -0.1) is 0 Å². The van der Waals surface area contributed by atoms with Crippen molar-refractivity contribution in [3.8, 4) is 11.6 Å². The van der Waals surface area contributed by atoms with Crippen molar-refractivity contribution in [3.05, 3.63) is 113 Å². The highest BCUT2D eigenvalue weighted by molar-refractivity contribution is 6.03. The highest BCUT2D eigenvalue weighted by Gasteiger charge is 2.30. The van der Waals surface area contributed by atoms with E-state index in [-0.39, 0.29) is 47.5 Å². The number of pyridine rings is 2. The fraction of sp³-hybridized carbons (Fsp3) is 0.167. The van der Waals surface area contributed by atoms with Gasteiger partial charge in [-0.05, 0) is 67.4 Å². The Labute approximate surface area is 232 Å². The monoisotopic (exact) mass is 560 g/mol. The van der Waals surface area contributed by atoms with Crippen molar-refractivity contribution in [1.29, 1.82) is 0 Å². The molecule has 2 amide bonds. The van der Waals surface area contributed by atoms with E-state index in [9.17, 15) is 27.6 Å². The maximum Gasteiger partial charge on any atom is 0.274 e. The Morgan fingerprint density at radius 1 is 0.829 bits per heavy atom. The minimum absolute atomic E-state index is 0.0822. The summed E-state index contributed by atoms with van der Waals surface area (Å²) < 4.78 is 45.7. The summed E-state index contributed by atoms with van der Waals surface area (Å²) in [5.74, 6) is -3.05. The number of hydrogen-bond donors (Lipinski definition) is 1. The first kappa shape index (κ1) is 27.5. The van der Waals surface area contributed by atoms with E-state index in [0.29, 0.717) is 30.3 Å². The van der Waals surface area contributed by atoms with Crippen LogP contribution < -0.4 is 10.1 Å². The molecule has 1 N–H and O–H groups in total. The largest absolute Gasteiger partial charge is 0.439 e. The van der Waals surface area contributed by atoms with Crippen molar-refractivity contribution >= 4 is 23.3 Å². The summed E-state index contributed by atoms with van der Waals surface area (Å²) in [7, 11) is 0. The summed E-state index contributed by atoms with van der Waals surface area (Å²) >= 11 is 0. The number of piperidine rings is 1. The summed E-state index contributed by atoms with van der Waals surface area (Å²) in [6, 6.07) is 14.4. The lowest BCUT2D eigenvalue weighted by Crippen LogP contribution is -2.40. The average molecular weight is 561 g/mol. The van der Waals surface area contributed by atoms with Gasteiger partial charge in [-0.2, -0.15) is 0 Å². The molecular weight excluding hydrogens is 537 g/mol. The Bertz CT molecular complexity index is 1570. The number of nitrogens with zero attached hydrogens (tertiary/aromatic N) is 3. The predicted molar refractivity (Wildman–Crippen MR) is 142 cm³/mol. The van der Waals surface area contributed by atoms with E-state index in [1.165, 1.54) is 48.8 Å². The number of rotatable bonds is 7. The number of hydrogen-bond acceptors (Lipinski definition) is 6. The summed E-state index contributed by atoms with van der Waals surface area (Å²) in [5, 5.41) is 2.66. The molecule has 8 nitrogen and oxygen atoms in total. The summed E-state index contributed by atoms with van der Waals surface area (Å²) in [4.78, 5) is 48.0. The van der Waals surface area contributed by atoms with E-state index in [4.69, 9.17) is 4.74 Å². The van der Waals surface area contributed by atoms with Gasteiger partial charge in [-0.1, -0.05) is 0 Å². The summed E-state index contributed by atoms with van der Waals surface area (Å²) in [6.07, 6.45) is 3.39.